The molecule has 2 aromatic carbocycles. The van der Waals surface area contributed by atoms with Crippen LogP contribution >= 0.6 is 11.6 Å². The first-order valence-corrected chi connectivity index (χ1v) is 8.26. The van der Waals surface area contributed by atoms with Crippen LogP contribution in [0.2, 0.25) is 5.02 Å². The fourth-order valence-corrected chi connectivity index (χ4v) is 2.86. The van der Waals surface area contributed by atoms with Gasteiger partial charge in [-0.2, -0.15) is 0 Å². The number of benzene rings is 2. The molecule has 0 fully saturated rings. The van der Waals surface area contributed by atoms with E-state index >= 15 is 0 Å². The smallest absolute Gasteiger partial charge is 0.287 e. The number of rotatable bonds is 5. The predicted octanol–water partition coefficient (Wildman–Crippen LogP) is 5.10. The number of hydrogen-bond donors (Lipinski definition) is 1. The van der Waals surface area contributed by atoms with Crippen LogP contribution < -0.4 is 10.1 Å². The first-order chi connectivity index (χ1) is 12.1. The Labute approximate surface area is 151 Å². The molecule has 1 heterocycles. The van der Waals surface area contributed by atoms with Crippen LogP contribution in [0.4, 0.5) is 0 Å². The van der Waals surface area contributed by atoms with Gasteiger partial charge in [0.1, 0.15) is 11.5 Å². The van der Waals surface area contributed by atoms with Gasteiger partial charge in [-0.05, 0) is 37.3 Å². The molecular formula is C20H18ClNO3. The monoisotopic (exact) mass is 355 g/mol. The number of hydrogen-bond acceptors (Lipinski definition) is 3. The van der Waals surface area contributed by atoms with Crippen molar-refractivity contribution in [3.8, 4) is 17.1 Å². The second kappa shape index (κ2) is 7.45. The van der Waals surface area contributed by atoms with Crippen LogP contribution in [0.5, 0.6) is 5.75 Å². The van der Waals surface area contributed by atoms with Crippen LogP contribution in [0.25, 0.3) is 11.3 Å². The van der Waals surface area contributed by atoms with Gasteiger partial charge in [0.2, 0.25) is 0 Å². The molecule has 0 bridgehead atoms. The molecule has 0 radical (unpaired) electrons. The fraction of sp³-hybridized carbons (Fsp3) is 0.150. The third-order valence-corrected chi connectivity index (χ3v) is 4.25. The summed E-state index contributed by atoms with van der Waals surface area (Å²) >= 11 is 6.17. The summed E-state index contributed by atoms with van der Waals surface area (Å²) in [6, 6.07) is 18.1. The van der Waals surface area contributed by atoms with Gasteiger partial charge >= 0.3 is 0 Å². The number of nitrogens with one attached hydrogen (secondary N) is 1. The van der Waals surface area contributed by atoms with Crippen molar-refractivity contribution in [3.05, 3.63) is 77.0 Å². The average molecular weight is 356 g/mol. The summed E-state index contributed by atoms with van der Waals surface area (Å²) in [5.41, 5.74) is 1.65. The van der Waals surface area contributed by atoms with Crippen molar-refractivity contribution in [2.45, 2.75) is 13.0 Å². The van der Waals surface area contributed by atoms with Crippen molar-refractivity contribution < 1.29 is 13.9 Å². The van der Waals surface area contributed by atoms with Crippen LogP contribution in [-0.2, 0) is 0 Å². The van der Waals surface area contributed by atoms with E-state index in [4.69, 9.17) is 20.8 Å². The largest absolute Gasteiger partial charge is 0.496 e. The Morgan fingerprint density at radius 2 is 1.80 bits per heavy atom. The lowest BCUT2D eigenvalue weighted by Gasteiger charge is -2.16. The molecule has 0 unspecified atom stereocenters. The molecule has 1 amide bonds. The molecule has 128 valence electrons. The topological polar surface area (TPSA) is 51.5 Å². The molecule has 0 aliphatic rings. The minimum absolute atomic E-state index is 0.225. The molecule has 1 atom stereocenters. The highest BCUT2D eigenvalue weighted by Crippen LogP contribution is 2.29. The van der Waals surface area contributed by atoms with Gasteiger partial charge < -0.3 is 14.5 Å². The summed E-state index contributed by atoms with van der Waals surface area (Å²) in [7, 11) is 1.61. The maximum atomic E-state index is 12.5. The van der Waals surface area contributed by atoms with E-state index in [-0.39, 0.29) is 17.7 Å². The van der Waals surface area contributed by atoms with Crippen molar-refractivity contribution in [1.29, 1.82) is 0 Å². The number of para-hydroxylation sites is 1. The zero-order chi connectivity index (χ0) is 17.8. The molecule has 0 saturated carbocycles. The molecule has 25 heavy (non-hydrogen) atoms. The van der Waals surface area contributed by atoms with Crippen LogP contribution in [0, 0.1) is 0 Å². The number of carbonyl (C=O) groups excluding carboxylic acids is 1. The van der Waals surface area contributed by atoms with Crippen molar-refractivity contribution in [2.75, 3.05) is 7.11 Å². The lowest BCUT2D eigenvalue weighted by atomic mass is 10.1. The second-order valence-electron chi connectivity index (χ2n) is 5.58. The molecule has 0 saturated heterocycles. The number of furan rings is 1. The van der Waals surface area contributed by atoms with Crippen molar-refractivity contribution >= 4 is 17.5 Å². The van der Waals surface area contributed by atoms with Crippen LogP contribution in [0.1, 0.15) is 29.1 Å². The third-order valence-electron chi connectivity index (χ3n) is 3.92. The molecule has 0 aliphatic carbocycles. The van der Waals surface area contributed by atoms with E-state index in [0.717, 1.165) is 16.9 Å². The average Bonchev–Trinajstić information content (AvgIpc) is 3.12. The van der Waals surface area contributed by atoms with Crippen LogP contribution in [-0.4, -0.2) is 13.0 Å². The van der Waals surface area contributed by atoms with Gasteiger partial charge in [0.25, 0.3) is 5.91 Å². The second-order valence-corrected chi connectivity index (χ2v) is 5.99. The van der Waals surface area contributed by atoms with Gasteiger partial charge in [-0.25, -0.2) is 0 Å². The Morgan fingerprint density at radius 3 is 2.56 bits per heavy atom. The van der Waals surface area contributed by atoms with Crippen LogP contribution in [0.3, 0.4) is 0 Å². The zero-order valence-corrected chi connectivity index (χ0v) is 14.7. The lowest BCUT2D eigenvalue weighted by molar-refractivity contribution is 0.0912. The molecular weight excluding hydrogens is 338 g/mol. The standard InChI is InChI=1S/C20H18ClNO3/c1-13(14-7-4-6-10-17(14)24-2)22-20(23)19-12-11-18(25-19)15-8-3-5-9-16(15)21/h3-13H,1-2H3,(H,22,23)/t13-/m0/s1. The molecule has 4 nitrogen and oxygen atoms in total. The van der Waals surface area contributed by atoms with E-state index in [1.165, 1.54) is 0 Å². The van der Waals surface area contributed by atoms with E-state index in [1.807, 2.05) is 49.4 Å². The first-order valence-electron chi connectivity index (χ1n) is 7.88. The predicted molar refractivity (Wildman–Crippen MR) is 98.0 cm³/mol. The minimum atomic E-state index is -0.295. The molecule has 0 spiro atoms. The van der Waals surface area contributed by atoms with E-state index in [1.54, 1.807) is 25.3 Å². The zero-order valence-electron chi connectivity index (χ0n) is 14.0. The number of carbonyl (C=O) groups is 1. The van der Waals surface area contributed by atoms with E-state index in [0.29, 0.717) is 10.8 Å². The summed E-state index contributed by atoms with van der Waals surface area (Å²) in [4.78, 5) is 12.5. The maximum Gasteiger partial charge on any atom is 0.287 e. The van der Waals surface area contributed by atoms with Gasteiger partial charge in [0.15, 0.2) is 5.76 Å². The first kappa shape index (κ1) is 17.1. The molecule has 0 aliphatic heterocycles. The molecule has 3 aromatic rings. The number of halogens is 1. The summed E-state index contributed by atoms with van der Waals surface area (Å²) < 4.78 is 11.0. The number of amides is 1. The van der Waals surface area contributed by atoms with Crippen molar-refractivity contribution in [2.24, 2.45) is 0 Å². The third kappa shape index (κ3) is 3.69. The number of ether oxygens (including phenoxy) is 1. The van der Waals surface area contributed by atoms with Gasteiger partial charge in [0.05, 0.1) is 18.2 Å². The van der Waals surface area contributed by atoms with E-state index < -0.39 is 0 Å². The van der Waals surface area contributed by atoms with E-state index in [9.17, 15) is 4.79 Å². The Bertz CT molecular complexity index is 888. The summed E-state index contributed by atoms with van der Waals surface area (Å²) in [6.07, 6.45) is 0. The minimum Gasteiger partial charge on any atom is -0.496 e. The quantitative estimate of drug-likeness (QED) is 0.692. The molecule has 3 rings (SSSR count). The molecule has 5 heteroatoms. The SMILES string of the molecule is COc1ccccc1[C@H](C)NC(=O)c1ccc(-c2ccccc2Cl)o1. The van der Waals surface area contributed by atoms with Crippen LogP contribution in [0.15, 0.2) is 65.1 Å². The normalized spacial score (nSPS) is 11.8. The highest BCUT2D eigenvalue weighted by molar-refractivity contribution is 6.33. The lowest BCUT2D eigenvalue weighted by Crippen LogP contribution is -2.26. The molecule has 1 N–H and O–H groups in total. The van der Waals surface area contributed by atoms with Gasteiger partial charge in [-0.1, -0.05) is 41.9 Å². The van der Waals surface area contributed by atoms with Gasteiger partial charge in [-0.15, -0.1) is 0 Å². The summed E-state index contributed by atoms with van der Waals surface area (Å²) in [5, 5.41) is 3.50. The Hall–Kier alpha value is -2.72. The fourth-order valence-electron chi connectivity index (χ4n) is 2.64. The number of methoxy groups -OCH3 is 1. The van der Waals surface area contributed by atoms with Crippen molar-refractivity contribution in [1.82, 2.24) is 5.32 Å². The van der Waals surface area contributed by atoms with Crippen molar-refractivity contribution in [3.63, 3.8) is 0 Å². The Kier molecular flexibility index (Phi) is 5.10. The summed E-state index contributed by atoms with van der Waals surface area (Å²) in [6.45, 7) is 1.90. The molecule has 1 aromatic heterocycles. The Morgan fingerprint density at radius 1 is 1.08 bits per heavy atom. The highest BCUT2D eigenvalue weighted by atomic mass is 35.5. The Balaban J connectivity index is 1.77. The van der Waals surface area contributed by atoms with E-state index in [2.05, 4.69) is 5.32 Å². The maximum absolute atomic E-state index is 12.5. The van der Waals surface area contributed by atoms with Gasteiger partial charge in [-0.3, -0.25) is 4.79 Å². The highest BCUT2D eigenvalue weighted by Gasteiger charge is 2.18. The van der Waals surface area contributed by atoms with Gasteiger partial charge in [0, 0.05) is 11.1 Å². The summed E-state index contributed by atoms with van der Waals surface area (Å²) in [5.74, 6) is 1.22.